The van der Waals surface area contributed by atoms with E-state index in [0.717, 1.165) is 13.1 Å². The number of methoxy groups -OCH3 is 1. The molecule has 0 aliphatic heterocycles. The van der Waals surface area contributed by atoms with Crippen molar-refractivity contribution in [2.75, 3.05) is 20.2 Å². The zero-order valence-electron chi connectivity index (χ0n) is 14.6. The van der Waals surface area contributed by atoms with E-state index in [-0.39, 0.29) is 17.9 Å². The van der Waals surface area contributed by atoms with E-state index in [4.69, 9.17) is 4.74 Å². The van der Waals surface area contributed by atoms with Gasteiger partial charge in [0.05, 0.1) is 13.5 Å². The second-order valence-electron chi connectivity index (χ2n) is 5.96. The van der Waals surface area contributed by atoms with Crippen LogP contribution in [0.4, 0.5) is 0 Å². The first kappa shape index (κ1) is 17.5. The van der Waals surface area contributed by atoms with Gasteiger partial charge in [0.25, 0.3) is 0 Å². The molecule has 124 valence electrons. The van der Waals surface area contributed by atoms with E-state index >= 15 is 0 Å². The lowest BCUT2D eigenvalue weighted by molar-refractivity contribution is -0.141. The first-order chi connectivity index (χ1) is 11.1. The fourth-order valence-electron chi connectivity index (χ4n) is 3.32. The lowest BCUT2D eigenvalue weighted by Gasteiger charge is -2.33. The lowest BCUT2D eigenvalue weighted by atomic mass is 9.87. The SMILES string of the molecule is CCN(CC)C(C)C(CC(=O)OC)c1ccc2ccccc2c1. The summed E-state index contributed by atoms with van der Waals surface area (Å²) in [6.45, 7) is 8.48. The molecule has 3 nitrogen and oxygen atoms in total. The van der Waals surface area contributed by atoms with Crippen LogP contribution in [-0.4, -0.2) is 37.1 Å². The molecule has 0 radical (unpaired) electrons. The maximum Gasteiger partial charge on any atom is 0.306 e. The van der Waals surface area contributed by atoms with Crippen LogP contribution in [0.5, 0.6) is 0 Å². The topological polar surface area (TPSA) is 29.5 Å². The van der Waals surface area contributed by atoms with Crippen molar-refractivity contribution < 1.29 is 9.53 Å². The number of benzene rings is 2. The van der Waals surface area contributed by atoms with Gasteiger partial charge in [-0.15, -0.1) is 0 Å². The summed E-state index contributed by atoms with van der Waals surface area (Å²) in [4.78, 5) is 14.3. The smallest absolute Gasteiger partial charge is 0.306 e. The number of ether oxygens (including phenoxy) is 1. The number of likely N-dealkylation sites (N-methyl/N-ethyl adjacent to an activating group) is 1. The number of fused-ring (bicyclic) bond motifs is 1. The average Bonchev–Trinajstić information content (AvgIpc) is 2.59. The molecule has 0 saturated heterocycles. The molecule has 0 bridgehead atoms. The molecule has 0 amide bonds. The number of hydrogen-bond acceptors (Lipinski definition) is 3. The van der Waals surface area contributed by atoms with E-state index in [9.17, 15) is 4.79 Å². The Morgan fingerprint density at radius 3 is 2.35 bits per heavy atom. The molecular weight excluding hydrogens is 286 g/mol. The number of nitrogens with zero attached hydrogens (tertiary/aromatic N) is 1. The van der Waals surface area contributed by atoms with Crippen LogP contribution in [0.3, 0.4) is 0 Å². The number of hydrogen-bond donors (Lipinski definition) is 0. The molecule has 0 aliphatic rings. The van der Waals surface area contributed by atoms with Gasteiger partial charge in [-0.2, -0.15) is 0 Å². The summed E-state index contributed by atoms with van der Waals surface area (Å²) in [5.74, 6) is -0.0193. The molecule has 0 N–H and O–H groups in total. The van der Waals surface area contributed by atoms with E-state index < -0.39 is 0 Å². The van der Waals surface area contributed by atoms with Crippen molar-refractivity contribution in [3.05, 3.63) is 48.0 Å². The largest absolute Gasteiger partial charge is 0.469 e. The van der Waals surface area contributed by atoms with E-state index in [0.29, 0.717) is 6.42 Å². The fraction of sp³-hybridized carbons (Fsp3) is 0.450. The van der Waals surface area contributed by atoms with Gasteiger partial charge < -0.3 is 9.64 Å². The van der Waals surface area contributed by atoms with Crippen LogP contribution in [0.1, 0.15) is 38.7 Å². The quantitative estimate of drug-likeness (QED) is 0.717. The van der Waals surface area contributed by atoms with Gasteiger partial charge >= 0.3 is 5.97 Å². The maximum absolute atomic E-state index is 11.9. The van der Waals surface area contributed by atoms with Gasteiger partial charge in [-0.3, -0.25) is 4.79 Å². The second kappa shape index (κ2) is 8.11. The molecule has 2 aromatic rings. The minimum Gasteiger partial charge on any atom is -0.469 e. The highest BCUT2D eigenvalue weighted by molar-refractivity contribution is 5.83. The van der Waals surface area contributed by atoms with Gasteiger partial charge in [-0.25, -0.2) is 0 Å². The van der Waals surface area contributed by atoms with E-state index in [2.05, 4.69) is 62.1 Å². The third-order valence-electron chi connectivity index (χ3n) is 4.79. The lowest BCUT2D eigenvalue weighted by Crippen LogP contribution is -2.38. The molecule has 2 atom stereocenters. The number of rotatable bonds is 7. The maximum atomic E-state index is 11.9. The monoisotopic (exact) mass is 313 g/mol. The third kappa shape index (κ3) is 4.11. The molecular formula is C20H27NO2. The second-order valence-corrected chi connectivity index (χ2v) is 5.96. The highest BCUT2D eigenvalue weighted by Crippen LogP contribution is 2.30. The Balaban J connectivity index is 2.39. The van der Waals surface area contributed by atoms with Crippen LogP contribution in [-0.2, 0) is 9.53 Å². The number of carbonyl (C=O) groups is 1. The van der Waals surface area contributed by atoms with Crippen molar-refractivity contribution in [1.29, 1.82) is 0 Å². The van der Waals surface area contributed by atoms with Crippen molar-refractivity contribution >= 4 is 16.7 Å². The molecule has 3 heteroatoms. The van der Waals surface area contributed by atoms with Crippen LogP contribution >= 0.6 is 0 Å². The van der Waals surface area contributed by atoms with Gasteiger partial charge in [0.2, 0.25) is 0 Å². The predicted octanol–water partition coefficient (Wildman–Crippen LogP) is 4.22. The number of carbonyl (C=O) groups excluding carboxylic acids is 1. The molecule has 0 spiro atoms. The van der Waals surface area contributed by atoms with Crippen molar-refractivity contribution in [1.82, 2.24) is 4.90 Å². The molecule has 2 aromatic carbocycles. The molecule has 23 heavy (non-hydrogen) atoms. The summed E-state index contributed by atoms with van der Waals surface area (Å²) in [5.41, 5.74) is 1.20. The molecule has 0 fully saturated rings. The van der Waals surface area contributed by atoms with Gasteiger partial charge in [0, 0.05) is 12.0 Å². The van der Waals surface area contributed by atoms with E-state index in [1.54, 1.807) is 0 Å². The summed E-state index contributed by atoms with van der Waals surface area (Å²) >= 11 is 0. The van der Waals surface area contributed by atoms with E-state index in [1.807, 2.05) is 6.07 Å². The van der Waals surface area contributed by atoms with Crippen molar-refractivity contribution in [3.63, 3.8) is 0 Å². The van der Waals surface area contributed by atoms with Crippen LogP contribution in [0.25, 0.3) is 10.8 Å². The summed E-state index contributed by atoms with van der Waals surface area (Å²) in [6, 6.07) is 15.1. The minimum atomic E-state index is -0.151. The Hall–Kier alpha value is -1.87. The van der Waals surface area contributed by atoms with Crippen LogP contribution in [0.2, 0.25) is 0 Å². The van der Waals surface area contributed by atoms with Crippen molar-refractivity contribution in [3.8, 4) is 0 Å². The minimum absolute atomic E-state index is 0.131. The summed E-state index contributed by atoms with van der Waals surface area (Å²) in [7, 11) is 1.46. The van der Waals surface area contributed by atoms with E-state index in [1.165, 1.54) is 23.4 Å². The number of esters is 1. The molecule has 2 unspecified atom stereocenters. The Morgan fingerprint density at radius 2 is 1.74 bits per heavy atom. The van der Waals surface area contributed by atoms with Gasteiger partial charge in [0.1, 0.15) is 0 Å². The Morgan fingerprint density at radius 1 is 1.09 bits per heavy atom. The molecule has 2 rings (SSSR count). The molecule has 0 heterocycles. The first-order valence-electron chi connectivity index (χ1n) is 8.40. The fourth-order valence-corrected chi connectivity index (χ4v) is 3.32. The Bertz CT molecular complexity index is 649. The summed E-state index contributed by atoms with van der Waals surface area (Å²) < 4.78 is 4.93. The molecule has 0 saturated carbocycles. The highest BCUT2D eigenvalue weighted by atomic mass is 16.5. The van der Waals surface area contributed by atoms with Gasteiger partial charge in [-0.1, -0.05) is 56.3 Å². The zero-order chi connectivity index (χ0) is 16.8. The van der Waals surface area contributed by atoms with Crippen molar-refractivity contribution in [2.24, 2.45) is 0 Å². The Kier molecular flexibility index (Phi) is 6.17. The average molecular weight is 313 g/mol. The highest BCUT2D eigenvalue weighted by Gasteiger charge is 2.26. The summed E-state index contributed by atoms with van der Waals surface area (Å²) in [6.07, 6.45) is 0.409. The predicted molar refractivity (Wildman–Crippen MR) is 95.7 cm³/mol. The van der Waals surface area contributed by atoms with Crippen LogP contribution in [0.15, 0.2) is 42.5 Å². The molecule has 0 aromatic heterocycles. The van der Waals surface area contributed by atoms with Crippen molar-refractivity contribution in [2.45, 2.75) is 39.2 Å². The molecule has 0 aliphatic carbocycles. The standard InChI is InChI=1S/C20H27NO2/c1-5-21(6-2)15(3)19(14-20(22)23-4)18-12-11-16-9-7-8-10-17(16)13-18/h7-13,15,19H,5-6,14H2,1-4H3. The normalized spacial score (nSPS) is 14.0. The first-order valence-corrected chi connectivity index (χ1v) is 8.40. The van der Waals surface area contributed by atoms with Gasteiger partial charge in [0.15, 0.2) is 0 Å². The Labute approximate surface area is 139 Å². The summed E-state index contributed by atoms with van der Waals surface area (Å²) in [5, 5.41) is 2.44. The third-order valence-corrected chi connectivity index (χ3v) is 4.79. The zero-order valence-corrected chi connectivity index (χ0v) is 14.6. The van der Waals surface area contributed by atoms with Gasteiger partial charge in [-0.05, 0) is 36.3 Å². The van der Waals surface area contributed by atoms with Crippen LogP contribution in [0, 0.1) is 0 Å². The van der Waals surface area contributed by atoms with Crippen LogP contribution < -0.4 is 0 Å².